The summed E-state index contributed by atoms with van der Waals surface area (Å²) in [4.78, 5) is 13.8. The number of amides is 1. The van der Waals surface area contributed by atoms with Gasteiger partial charge < -0.3 is 4.74 Å². The molecule has 1 atom stereocenters. The number of anilines is 1. The molecule has 0 radical (unpaired) electrons. The third-order valence-corrected chi connectivity index (χ3v) is 5.29. The first kappa shape index (κ1) is 13.5. The minimum atomic E-state index is 0.0672. The van der Waals surface area contributed by atoms with Crippen LogP contribution in [0.15, 0.2) is 40.8 Å². The Morgan fingerprint density at radius 1 is 1.27 bits per heavy atom. The van der Waals surface area contributed by atoms with Gasteiger partial charge in [-0.3, -0.25) is 4.79 Å². The number of fused-ring (bicyclic) bond motifs is 3. The second kappa shape index (κ2) is 5.25. The minimum Gasteiger partial charge on any atom is -0.497 e. The van der Waals surface area contributed by atoms with E-state index in [4.69, 9.17) is 9.84 Å². The van der Waals surface area contributed by atoms with Crippen LogP contribution < -0.4 is 9.75 Å². The van der Waals surface area contributed by atoms with Gasteiger partial charge in [0.05, 0.1) is 18.5 Å². The largest absolute Gasteiger partial charge is 0.497 e. The summed E-state index contributed by atoms with van der Waals surface area (Å²) in [6.07, 6.45) is 2.63. The lowest BCUT2D eigenvalue weighted by molar-refractivity contribution is -0.119. The molecular weight excluding hydrogens is 296 g/mol. The van der Waals surface area contributed by atoms with E-state index in [2.05, 4.69) is 11.4 Å². The van der Waals surface area contributed by atoms with Crippen LogP contribution in [0.1, 0.15) is 23.3 Å². The lowest BCUT2D eigenvalue weighted by Crippen LogP contribution is -2.39. The monoisotopic (exact) mass is 312 g/mol. The van der Waals surface area contributed by atoms with Crippen LogP contribution in [0.2, 0.25) is 0 Å². The van der Waals surface area contributed by atoms with Crippen LogP contribution in [-0.4, -0.2) is 18.7 Å². The molecule has 22 heavy (non-hydrogen) atoms. The lowest BCUT2D eigenvalue weighted by atomic mass is 9.83. The van der Waals surface area contributed by atoms with Gasteiger partial charge in [-0.25, -0.2) is 5.01 Å². The van der Waals surface area contributed by atoms with Crippen LogP contribution in [0, 0.1) is 5.92 Å². The zero-order valence-electron chi connectivity index (χ0n) is 12.3. The van der Waals surface area contributed by atoms with E-state index >= 15 is 0 Å². The highest BCUT2D eigenvalue weighted by Crippen LogP contribution is 2.35. The number of carbonyl (C=O) groups excluding carboxylic acids is 1. The highest BCUT2D eigenvalue weighted by molar-refractivity contribution is 7.10. The summed E-state index contributed by atoms with van der Waals surface area (Å²) in [5, 5.41) is 8.34. The van der Waals surface area contributed by atoms with Crippen LogP contribution in [-0.2, 0) is 11.2 Å². The Morgan fingerprint density at radius 2 is 2.09 bits per heavy atom. The number of thiophene rings is 1. The number of carbonyl (C=O) groups is 1. The smallest absolute Gasteiger partial charge is 0.248 e. The fourth-order valence-electron chi connectivity index (χ4n) is 3.14. The maximum atomic E-state index is 12.4. The Labute approximate surface area is 133 Å². The van der Waals surface area contributed by atoms with E-state index in [1.165, 1.54) is 15.4 Å². The third-order valence-electron chi connectivity index (χ3n) is 4.31. The van der Waals surface area contributed by atoms with Crippen LogP contribution in [0.4, 0.5) is 5.69 Å². The van der Waals surface area contributed by atoms with Gasteiger partial charge in [-0.05, 0) is 48.6 Å². The average Bonchev–Trinajstić information content (AvgIpc) is 3.03. The number of hydrogen-bond acceptors (Lipinski definition) is 4. The molecule has 4 nitrogen and oxygen atoms in total. The van der Waals surface area contributed by atoms with E-state index in [9.17, 15) is 4.79 Å². The summed E-state index contributed by atoms with van der Waals surface area (Å²) in [5.74, 6) is 1.11. The van der Waals surface area contributed by atoms with E-state index < -0.39 is 0 Å². The van der Waals surface area contributed by atoms with Crippen LogP contribution in [0.5, 0.6) is 5.75 Å². The maximum Gasteiger partial charge on any atom is 0.248 e. The van der Waals surface area contributed by atoms with Crippen molar-refractivity contribution in [1.82, 2.24) is 0 Å². The molecule has 0 saturated heterocycles. The van der Waals surface area contributed by atoms with Crippen molar-refractivity contribution >= 4 is 28.6 Å². The van der Waals surface area contributed by atoms with E-state index in [0.29, 0.717) is 6.42 Å². The van der Waals surface area contributed by atoms with Crippen LogP contribution in [0.25, 0.3) is 0 Å². The molecule has 0 bridgehead atoms. The molecule has 2 aliphatic rings. The molecule has 4 rings (SSSR count). The Balaban J connectivity index is 1.74. The van der Waals surface area contributed by atoms with Crippen LogP contribution in [0.3, 0.4) is 0 Å². The topological polar surface area (TPSA) is 41.9 Å². The fourth-order valence-corrected chi connectivity index (χ4v) is 4.05. The molecule has 1 aliphatic carbocycles. The number of aryl methyl sites for hydroxylation is 1. The van der Waals surface area contributed by atoms with E-state index in [-0.39, 0.29) is 11.8 Å². The SMILES string of the molecule is COc1ccc(N2N=C3c4ccsc4CCC3CC2=O)cc1. The predicted octanol–water partition coefficient (Wildman–Crippen LogP) is 3.46. The number of nitrogens with zero attached hydrogens (tertiary/aromatic N) is 2. The van der Waals surface area contributed by atoms with Gasteiger partial charge in [0.15, 0.2) is 0 Å². The molecule has 2 heterocycles. The molecule has 1 amide bonds. The number of ether oxygens (including phenoxy) is 1. The minimum absolute atomic E-state index is 0.0672. The van der Waals surface area contributed by atoms with Crippen molar-refractivity contribution in [3.8, 4) is 5.75 Å². The zero-order valence-corrected chi connectivity index (χ0v) is 13.1. The average molecular weight is 312 g/mol. The summed E-state index contributed by atoms with van der Waals surface area (Å²) in [5.41, 5.74) is 3.09. The first-order valence-corrected chi connectivity index (χ1v) is 8.26. The molecule has 0 N–H and O–H groups in total. The summed E-state index contributed by atoms with van der Waals surface area (Å²) in [7, 11) is 1.63. The molecule has 0 saturated carbocycles. The first-order chi connectivity index (χ1) is 10.8. The van der Waals surface area contributed by atoms with Gasteiger partial charge in [-0.1, -0.05) is 0 Å². The van der Waals surface area contributed by atoms with Gasteiger partial charge in [-0.15, -0.1) is 11.3 Å². The van der Waals surface area contributed by atoms with Crippen molar-refractivity contribution in [1.29, 1.82) is 0 Å². The second-order valence-corrected chi connectivity index (χ2v) is 6.59. The Kier molecular flexibility index (Phi) is 3.22. The molecule has 1 aliphatic heterocycles. The van der Waals surface area contributed by atoms with Crippen molar-refractivity contribution in [3.05, 3.63) is 46.2 Å². The standard InChI is InChI=1S/C17H16N2O2S/c1-21-13-5-3-12(4-6-13)19-16(20)10-11-2-7-15-14(8-9-22-15)17(11)18-19/h3-6,8-9,11H,2,7,10H2,1H3. The molecule has 112 valence electrons. The van der Waals surface area contributed by atoms with Gasteiger partial charge in [0.1, 0.15) is 5.75 Å². The third kappa shape index (κ3) is 2.13. The van der Waals surface area contributed by atoms with Crippen LogP contribution >= 0.6 is 11.3 Å². The number of methoxy groups -OCH3 is 1. The number of hydrazone groups is 1. The highest BCUT2D eigenvalue weighted by atomic mass is 32.1. The summed E-state index contributed by atoms with van der Waals surface area (Å²) in [6.45, 7) is 0. The summed E-state index contributed by atoms with van der Waals surface area (Å²) in [6, 6.07) is 9.58. The molecule has 1 aromatic carbocycles. The predicted molar refractivity (Wildman–Crippen MR) is 87.8 cm³/mol. The number of benzene rings is 1. The van der Waals surface area contributed by atoms with Crippen molar-refractivity contribution in [3.63, 3.8) is 0 Å². The Hall–Kier alpha value is -2.14. The summed E-state index contributed by atoms with van der Waals surface area (Å²) >= 11 is 1.78. The highest BCUT2D eigenvalue weighted by Gasteiger charge is 2.34. The fraction of sp³-hybridized carbons (Fsp3) is 0.294. The van der Waals surface area contributed by atoms with Crippen molar-refractivity contribution in [2.24, 2.45) is 11.0 Å². The van der Waals surface area contributed by atoms with Gasteiger partial charge in [-0.2, -0.15) is 5.10 Å². The van der Waals surface area contributed by atoms with Gasteiger partial charge in [0.25, 0.3) is 0 Å². The quantitative estimate of drug-likeness (QED) is 0.852. The van der Waals surface area contributed by atoms with Gasteiger partial charge >= 0.3 is 0 Å². The van der Waals surface area contributed by atoms with Crippen molar-refractivity contribution in [2.75, 3.05) is 12.1 Å². The number of rotatable bonds is 2. The first-order valence-electron chi connectivity index (χ1n) is 7.38. The van der Waals surface area contributed by atoms with E-state index in [1.807, 2.05) is 24.3 Å². The maximum absolute atomic E-state index is 12.4. The van der Waals surface area contributed by atoms with Gasteiger partial charge in [0, 0.05) is 22.8 Å². The normalized spacial score (nSPS) is 20.2. The molecule has 2 aromatic rings. The molecule has 1 unspecified atom stereocenters. The lowest BCUT2D eigenvalue weighted by Gasteiger charge is -2.32. The summed E-state index contributed by atoms with van der Waals surface area (Å²) < 4.78 is 5.17. The van der Waals surface area contributed by atoms with Crippen molar-refractivity contribution < 1.29 is 9.53 Å². The zero-order chi connectivity index (χ0) is 15.1. The molecular formula is C17H16N2O2S. The molecule has 0 fully saturated rings. The number of hydrogen-bond donors (Lipinski definition) is 0. The van der Waals surface area contributed by atoms with Crippen molar-refractivity contribution in [2.45, 2.75) is 19.3 Å². The molecule has 5 heteroatoms. The van der Waals surface area contributed by atoms with Gasteiger partial charge in [0.2, 0.25) is 5.91 Å². The molecule has 1 aromatic heterocycles. The molecule has 0 spiro atoms. The van der Waals surface area contributed by atoms with E-state index in [1.54, 1.807) is 18.4 Å². The Bertz CT molecular complexity index is 748. The second-order valence-electron chi connectivity index (χ2n) is 5.59. The van der Waals surface area contributed by atoms with E-state index in [0.717, 1.165) is 30.0 Å². The Morgan fingerprint density at radius 3 is 2.86 bits per heavy atom.